The highest BCUT2D eigenvalue weighted by Crippen LogP contribution is 2.18. The van der Waals surface area contributed by atoms with Gasteiger partial charge in [-0.25, -0.2) is 4.79 Å². The van der Waals surface area contributed by atoms with Crippen molar-refractivity contribution in [1.29, 1.82) is 0 Å². The van der Waals surface area contributed by atoms with Gasteiger partial charge in [0.2, 0.25) is 0 Å². The van der Waals surface area contributed by atoms with Crippen molar-refractivity contribution in [3.63, 3.8) is 0 Å². The van der Waals surface area contributed by atoms with Crippen LogP contribution in [0.25, 0.3) is 6.08 Å². The Morgan fingerprint density at radius 2 is 2.20 bits per heavy atom. The zero-order valence-electron chi connectivity index (χ0n) is 11.1. The number of hydrogen-bond acceptors (Lipinski definition) is 3. The van der Waals surface area contributed by atoms with Crippen LogP contribution in [0.5, 0.6) is 0 Å². The smallest absolute Gasteiger partial charge is 0.331 e. The molecule has 1 atom stereocenters. The monoisotopic (exact) mass is 337 g/mol. The van der Waals surface area contributed by atoms with Crippen LogP contribution in [0.1, 0.15) is 25.3 Å². The number of carbonyl (C=O) groups is 2. The van der Waals surface area contributed by atoms with Gasteiger partial charge >= 0.3 is 5.97 Å². The third kappa shape index (κ3) is 4.81. The molecule has 0 aromatic heterocycles. The lowest BCUT2D eigenvalue weighted by atomic mass is 10.2. The minimum Gasteiger partial charge on any atom is -0.449 e. The fraction of sp³-hybridized carbons (Fsp3) is 0.333. The van der Waals surface area contributed by atoms with Crippen LogP contribution in [0.15, 0.2) is 34.8 Å². The maximum Gasteiger partial charge on any atom is 0.331 e. The van der Waals surface area contributed by atoms with Crippen molar-refractivity contribution in [3.8, 4) is 0 Å². The van der Waals surface area contributed by atoms with Crippen LogP contribution in [-0.4, -0.2) is 24.0 Å². The fourth-order valence-electron chi connectivity index (χ4n) is 1.59. The zero-order chi connectivity index (χ0) is 14.5. The Bertz CT molecular complexity index is 538. The number of hydrogen-bond donors (Lipinski definition) is 1. The van der Waals surface area contributed by atoms with Gasteiger partial charge in [0.15, 0.2) is 6.10 Å². The molecule has 1 fully saturated rings. The summed E-state index contributed by atoms with van der Waals surface area (Å²) in [5.74, 6) is -0.764. The van der Waals surface area contributed by atoms with Crippen LogP contribution in [0.2, 0.25) is 0 Å². The van der Waals surface area contributed by atoms with Gasteiger partial charge in [-0.05, 0) is 43.5 Å². The SMILES string of the molecule is C[C@H](OC(=O)/C=C/c1cccc(Br)c1)C(=O)NC1CC1. The molecule has 5 heteroatoms. The van der Waals surface area contributed by atoms with Crippen molar-refractivity contribution in [2.24, 2.45) is 0 Å². The minimum atomic E-state index is -0.768. The van der Waals surface area contributed by atoms with E-state index in [1.54, 1.807) is 13.0 Å². The Morgan fingerprint density at radius 3 is 2.85 bits per heavy atom. The first kappa shape index (κ1) is 14.8. The van der Waals surface area contributed by atoms with Gasteiger partial charge in [0.1, 0.15) is 0 Å². The lowest BCUT2D eigenvalue weighted by Crippen LogP contribution is -2.36. The first-order valence-corrected chi connectivity index (χ1v) is 7.28. The third-order valence-corrected chi connectivity index (χ3v) is 3.34. The predicted molar refractivity (Wildman–Crippen MR) is 79.9 cm³/mol. The molecule has 0 aliphatic heterocycles. The van der Waals surface area contributed by atoms with Gasteiger partial charge in [-0.2, -0.15) is 0 Å². The second kappa shape index (κ2) is 6.70. The summed E-state index contributed by atoms with van der Waals surface area (Å²) in [6, 6.07) is 7.80. The van der Waals surface area contributed by atoms with Gasteiger partial charge < -0.3 is 10.1 Å². The summed E-state index contributed by atoms with van der Waals surface area (Å²) in [5.41, 5.74) is 0.881. The van der Waals surface area contributed by atoms with Crippen LogP contribution in [0.3, 0.4) is 0 Å². The molecule has 2 rings (SSSR count). The average molecular weight is 338 g/mol. The van der Waals surface area contributed by atoms with Gasteiger partial charge in [0.25, 0.3) is 5.91 Å². The first-order chi connectivity index (χ1) is 9.54. The summed E-state index contributed by atoms with van der Waals surface area (Å²) in [4.78, 5) is 23.2. The molecule has 1 saturated carbocycles. The minimum absolute atomic E-state index is 0.239. The van der Waals surface area contributed by atoms with Gasteiger partial charge in [0.05, 0.1) is 0 Å². The molecular formula is C15H16BrNO3. The molecule has 1 aromatic rings. The highest BCUT2D eigenvalue weighted by molar-refractivity contribution is 9.10. The Kier molecular flexibility index (Phi) is 4.95. The summed E-state index contributed by atoms with van der Waals surface area (Å²) in [7, 11) is 0. The van der Waals surface area contributed by atoms with E-state index < -0.39 is 12.1 Å². The molecule has 1 aliphatic rings. The second-order valence-electron chi connectivity index (χ2n) is 4.75. The van der Waals surface area contributed by atoms with E-state index in [4.69, 9.17) is 4.74 Å². The highest BCUT2D eigenvalue weighted by Gasteiger charge is 2.26. The van der Waals surface area contributed by atoms with Crippen molar-refractivity contribution in [2.45, 2.75) is 31.9 Å². The zero-order valence-corrected chi connectivity index (χ0v) is 12.7. The van der Waals surface area contributed by atoms with Crippen LogP contribution >= 0.6 is 15.9 Å². The summed E-state index contributed by atoms with van der Waals surface area (Å²) in [5, 5.41) is 2.79. The molecule has 1 aromatic carbocycles. The highest BCUT2D eigenvalue weighted by atomic mass is 79.9. The van der Waals surface area contributed by atoms with Crippen LogP contribution < -0.4 is 5.32 Å². The summed E-state index contributed by atoms with van der Waals surface area (Å²) >= 11 is 3.35. The number of rotatable bonds is 5. The van der Waals surface area contributed by atoms with Crippen molar-refractivity contribution >= 4 is 33.9 Å². The van der Waals surface area contributed by atoms with E-state index in [2.05, 4.69) is 21.2 Å². The van der Waals surface area contributed by atoms with E-state index in [9.17, 15) is 9.59 Å². The molecule has 0 saturated heterocycles. The van der Waals surface area contributed by atoms with Crippen molar-refractivity contribution in [3.05, 3.63) is 40.4 Å². The molecule has 0 bridgehead atoms. The number of ether oxygens (including phenoxy) is 1. The second-order valence-corrected chi connectivity index (χ2v) is 5.67. The molecule has 20 heavy (non-hydrogen) atoms. The van der Waals surface area contributed by atoms with Crippen LogP contribution in [-0.2, 0) is 14.3 Å². The number of nitrogens with one attached hydrogen (secondary N) is 1. The first-order valence-electron chi connectivity index (χ1n) is 6.49. The third-order valence-electron chi connectivity index (χ3n) is 2.85. The molecule has 1 N–H and O–H groups in total. The summed E-state index contributed by atoms with van der Waals surface area (Å²) in [6.45, 7) is 1.57. The Balaban J connectivity index is 1.83. The average Bonchev–Trinajstić information content (AvgIpc) is 3.20. The summed E-state index contributed by atoms with van der Waals surface area (Å²) in [6.07, 6.45) is 4.22. The molecule has 4 nitrogen and oxygen atoms in total. The number of amides is 1. The number of carbonyl (C=O) groups excluding carboxylic acids is 2. The Labute approximate surface area is 126 Å². The van der Waals surface area contributed by atoms with E-state index in [1.165, 1.54) is 6.08 Å². The molecular weight excluding hydrogens is 322 g/mol. The Hall–Kier alpha value is -1.62. The van der Waals surface area contributed by atoms with Gasteiger partial charge in [-0.1, -0.05) is 28.1 Å². The molecule has 0 radical (unpaired) electrons. The number of esters is 1. The van der Waals surface area contributed by atoms with Gasteiger partial charge in [-0.3, -0.25) is 4.79 Å². The van der Waals surface area contributed by atoms with Crippen molar-refractivity contribution in [1.82, 2.24) is 5.32 Å². The maximum absolute atomic E-state index is 11.6. The normalized spacial score (nSPS) is 15.9. The molecule has 1 aliphatic carbocycles. The van der Waals surface area contributed by atoms with E-state index in [0.29, 0.717) is 0 Å². The van der Waals surface area contributed by atoms with E-state index in [0.717, 1.165) is 22.9 Å². The maximum atomic E-state index is 11.6. The molecule has 106 valence electrons. The lowest BCUT2D eigenvalue weighted by Gasteiger charge is -2.11. The van der Waals surface area contributed by atoms with Crippen LogP contribution in [0.4, 0.5) is 0 Å². The standard InChI is InChI=1S/C15H16BrNO3/c1-10(15(19)17-13-6-7-13)20-14(18)8-5-11-3-2-4-12(16)9-11/h2-5,8-10,13H,6-7H2,1H3,(H,17,19)/b8-5+/t10-/m0/s1. The largest absolute Gasteiger partial charge is 0.449 e. The van der Waals surface area contributed by atoms with E-state index in [1.807, 2.05) is 24.3 Å². The molecule has 0 spiro atoms. The summed E-state index contributed by atoms with van der Waals surface area (Å²) < 4.78 is 5.98. The molecule has 1 amide bonds. The predicted octanol–water partition coefficient (Wildman–Crippen LogP) is 2.67. The van der Waals surface area contributed by atoms with Crippen molar-refractivity contribution in [2.75, 3.05) is 0 Å². The van der Waals surface area contributed by atoms with E-state index >= 15 is 0 Å². The molecule has 0 unspecified atom stereocenters. The Morgan fingerprint density at radius 1 is 1.45 bits per heavy atom. The fourth-order valence-corrected chi connectivity index (χ4v) is 2.00. The van der Waals surface area contributed by atoms with E-state index in [-0.39, 0.29) is 11.9 Å². The number of halogens is 1. The van der Waals surface area contributed by atoms with Crippen molar-refractivity contribution < 1.29 is 14.3 Å². The topological polar surface area (TPSA) is 55.4 Å². The van der Waals surface area contributed by atoms with Crippen LogP contribution in [0, 0.1) is 0 Å². The quantitative estimate of drug-likeness (QED) is 0.663. The van der Waals surface area contributed by atoms with Gasteiger partial charge in [0, 0.05) is 16.6 Å². The van der Waals surface area contributed by atoms with Gasteiger partial charge in [-0.15, -0.1) is 0 Å². The lowest BCUT2D eigenvalue weighted by molar-refractivity contribution is -0.150. The molecule has 0 heterocycles. The number of benzene rings is 1.